The molecule has 3 nitrogen and oxygen atoms in total. The monoisotopic (exact) mass is 403 g/mol. The second-order valence-electron chi connectivity index (χ2n) is 5.16. The molecule has 22 heavy (non-hydrogen) atoms. The van der Waals surface area contributed by atoms with Crippen molar-refractivity contribution in [3.63, 3.8) is 0 Å². The predicted molar refractivity (Wildman–Crippen MR) is 103 cm³/mol. The van der Waals surface area contributed by atoms with Crippen molar-refractivity contribution in [1.82, 2.24) is 9.97 Å². The molecule has 0 atom stereocenters. The first-order chi connectivity index (χ1) is 10.7. The lowest BCUT2D eigenvalue weighted by Gasteiger charge is -1.92. The third kappa shape index (κ3) is 8.86. The molecule has 0 unspecified atom stereocenters. The first kappa shape index (κ1) is 19.6. The maximum absolute atomic E-state index is 5.49. The van der Waals surface area contributed by atoms with Crippen molar-refractivity contribution in [2.45, 2.75) is 65.2 Å². The van der Waals surface area contributed by atoms with Crippen LogP contribution in [0.1, 0.15) is 62.1 Å². The molecule has 0 spiro atoms. The van der Waals surface area contributed by atoms with E-state index in [4.69, 9.17) is 5.73 Å². The first-order valence-corrected chi connectivity index (χ1v) is 10.4. The molecule has 2 aromatic rings. The number of nitrogen functional groups attached to an aromatic ring is 1. The highest BCUT2D eigenvalue weighted by atomic mass is 79.9. The summed E-state index contributed by atoms with van der Waals surface area (Å²) >= 11 is 6.70. The van der Waals surface area contributed by atoms with Crippen molar-refractivity contribution in [2.24, 2.45) is 0 Å². The quantitative estimate of drug-likeness (QED) is 0.541. The molecule has 2 heterocycles. The van der Waals surface area contributed by atoms with E-state index in [9.17, 15) is 0 Å². The summed E-state index contributed by atoms with van der Waals surface area (Å²) < 4.78 is 1.00. The van der Waals surface area contributed by atoms with Gasteiger partial charge in [0.2, 0.25) is 0 Å². The Morgan fingerprint density at radius 3 is 1.86 bits per heavy atom. The molecule has 0 aromatic carbocycles. The van der Waals surface area contributed by atoms with Crippen LogP contribution in [0.15, 0.2) is 16.3 Å². The minimum Gasteiger partial charge on any atom is -0.375 e. The van der Waals surface area contributed by atoms with Crippen LogP contribution in [0, 0.1) is 0 Å². The van der Waals surface area contributed by atoms with Crippen molar-refractivity contribution < 1.29 is 0 Å². The molecule has 2 N–H and O–H groups in total. The van der Waals surface area contributed by atoms with Gasteiger partial charge in [0, 0.05) is 22.1 Å². The average Bonchev–Trinajstić information content (AvgIpc) is 3.09. The summed E-state index contributed by atoms with van der Waals surface area (Å²) in [4.78, 5) is 10.8. The lowest BCUT2D eigenvalue weighted by molar-refractivity contribution is 0.722. The standard InChI is InChI=1S/C8H12BrNS.C8H14N2S/c2*1-2-3-4-5-7-6-10-8(9)11-7/h6H,2-5H2,1H3;6H,2-5H2,1H3,(H2,9,10). The van der Waals surface area contributed by atoms with E-state index >= 15 is 0 Å². The molecular weight excluding hydrogens is 378 g/mol. The van der Waals surface area contributed by atoms with Crippen LogP contribution in [0.3, 0.4) is 0 Å². The number of hydrogen-bond acceptors (Lipinski definition) is 5. The zero-order valence-corrected chi connectivity index (χ0v) is 16.7. The number of aromatic nitrogens is 2. The fourth-order valence-corrected chi connectivity index (χ4v) is 4.06. The van der Waals surface area contributed by atoms with Crippen LogP contribution < -0.4 is 5.73 Å². The molecular formula is C16H26BrN3S2. The number of thiazole rings is 2. The molecule has 0 bridgehead atoms. The smallest absolute Gasteiger partial charge is 0.180 e. The summed E-state index contributed by atoms with van der Waals surface area (Å²) in [5.74, 6) is 0. The molecule has 6 heteroatoms. The Hall–Kier alpha value is -0.460. The number of nitrogens with two attached hydrogens (primary N) is 1. The summed E-state index contributed by atoms with van der Waals surface area (Å²) in [6.45, 7) is 4.43. The Kier molecular flexibility index (Phi) is 10.7. The molecule has 124 valence electrons. The maximum Gasteiger partial charge on any atom is 0.180 e. The van der Waals surface area contributed by atoms with Gasteiger partial charge >= 0.3 is 0 Å². The Labute approximate surface area is 150 Å². The van der Waals surface area contributed by atoms with Gasteiger partial charge in [0.1, 0.15) is 0 Å². The molecule has 0 aliphatic heterocycles. The number of halogens is 1. The minimum atomic E-state index is 0.691. The predicted octanol–water partition coefficient (Wildman–Crippen LogP) is 6.10. The topological polar surface area (TPSA) is 51.8 Å². The van der Waals surface area contributed by atoms with Crippen molar-refractivity contribution in [3.05, 3.63) is 26.1 Å². The lowest BCUT2D eigenvalue weighted by Crippen LogP contribution is -1.79. The van der Waals surface area contributed by atoms with Crippen LogP contribution >= 0.6 is 38.6 Å². The third-order valence-electron chi connectivity index (χ3n) is 3.15. The minimum absolute atomic E-state index is 0.691. The van der Waals surface area contributed by atoms with Gasteiger partial charge in [-0.15, -0.1) is 22.7 Å². The number of aryl methyl sites for hydroxylation is 2. The molecule has 0 saturated heterocycles. The average molecular weight is 404 g/mol. The summed E-state index contributed by atoms with van der Waals surface area (Å²) in [7, 11) is 0. The van der Waals surface area contributed by atoms with Gasteiger partial charge in [-0.3, -0.25) is 0 Å². The van der Waals surface area contributed by atoms with Crippen molar-refractivity contribution >= 4 is 43.7 Å². The Balaban J connectivity index is 0.000000220. The summed E-state index contributed by atoms with van der Waals surface area (Å²) in [6, 6.07) is 0. The molecule has 2 rings (SSSR count). The van der Waals surface area contributed by atoms with Crippen LogP contribution in [0.25, 0.3) is 0 Å². The number of nitrogens with zero attached hydrogens (tertiary/aromatic N) is 2. The van der Waals surface area contributed by atoms with Crippen molar-refractivity contribution in [1.29, 1.82) is 0 Å². The third-order valence-corrected chi connectivity index (χ3v) is 5.57. The van der Waals surface area contributed by atoms with Crippen LogP contribution in [-0.4, -0.2) is 9.97 Å². The van der Waals surface area contributed by atoms with Crippen molar-refractivity contribution in [2.75, 3.05) is 5.73 Å². The van der Waals surface area contributed by atoms with Crippen LogP contribution in [-0.2, 0) is 12.8 Å². The summed E-state index contributed by atoms with van der Waals surface area (Å²) in [6.07, 6.45) is 13.9. The molecule has 2 aromatic heterocycles. The van der Waals surface area contributed by atoms with Gasteiger partial charge in [0.05, 0.1) is 0 Å². The second-order valence-corrected chi connectivity index (χ2v) is 8.70. The normalized spacial score (nSPS) is 10.3. The Morgan fingerprint density at radius 1 is 0.909 bits per heavy atom. The fraction of sp³-hybridized carbons (Fsp3) is 0.625. The Bertz CT molecular complexity index is 465. The van der Waals surface area contributed by atoms with Gasteiger partial charge in [-0.2, -0.15) is 0 Å². The van der Waals surface area contributed by atoms with E-state index in [0.717, 1.165) is 10.3 Å². The first-order valence-electron chi connectivity index (χ1n) is 7.96. The lowest BCUT2D eigenvalue weighted by atomic mass is 10.2. The van der Waals surface area contributed by atoms with Gasteiger partial charge in [-0.25, -0.2) is 9.97 Å². The van der Waals surface area contributed by atoms with E-state index < -0.39 is 0 Å². The zero-order chi connectivity index (χ0) is 16.2. The van der Waals surface area contributed by atoms with E-state index in [2.05, 4.69) is 39.7 Å². The van der Waals surface area contributed by atoms with E-state index in [1.54, 1.807) is 22.7 Å². The molecule has 0 amide bonds. The molecule has 0 aliphatic rings. The van der Waals surface area contributed by atoms with E-state index in [1.165, 1.54) is 54.7 Å². The van der Waals surface area contributed by atoms with Gasteiger partial charge in [-0.1, -0.05) is 39.5 Å². The highest BCUT2D eigenvalue weighted by Crippen LogP contribution is 2.20. The number of hydrogen-bond donors (Lipinski definition) is 1. The highest BCUT2D eigenvalue weighted by molar-refractivity contribution is 9.11. The van der Waals surface area contributed by atoms with Gasteiger partial charge in [0.15, 0.2) is 9.05 Å². The number of rotatable bonds is 8. The van der Waals surface area contributed by atoms with E-state index in [1.807, 2.05) is 12.4 Å². The molecule has 0 fully saturated rings. The number of unbranched alkanes of at least 4 members (excludes halogenated alkanes) is 4. The van der Waals surface area contributed by atoms with E-state index in [0.29, 0.717) is 5.13 Å². The number of anilines is 1. The zero-order valence-electron chi connectivity index (χ0n) is 13.5. The maximum atomic E-state index is 5.49. The fourth-order valence-electron chi connectivity index (χ4n) is 1.94. The molecule has 0 radical (unpaired) electrons. The summed E-state index contributed by atoms with van der Waals surface area (Å²) in [5, 5.41) is 0.691. The highest BCUT2D eigenvalue weighted by Gasteiger charge is 1.98. The van der Waals surface area contributed by atoms with Crippen LogP contribution in [0.4, 0.5) is 5.13 Å². The van der Waals surface area contributed by atoms with Crippen molar-refractivity contribution in [3.8, 4) is 0 Å². The second kappa shape index (κ2) is 12.0. The van der Waals surface area contributed by atoms with Gasteiger partial charge in [0.25, 0.3) is 0 Å². The van der Waals surface area contributed by atoms with E-state index in [-0.39, 0.29) is 0 Å². The molecule has 0 saturated carbocycles. The van der Waals surface area contributed by atoms with Crippen LogP contribution in [0.2, 0.25) is 0 Å². The largest absolute Gasteiger partial charge is 0.375 e. The SMILES string of the molecule is CCCCCc1cnc(Br)s1.CCCCCc1cnc(N)s1. The molecule has 0 aliphatic carbocycles. The van der Waals surface area contributed by atoms with Crippen LogP contribution in [0.5, 0.6) is 0 Å². The van der Waals surface area contributed by atoms with Gasteiger partial charge < -0.3 is 5.73 Å². The summed E-state index contributed by atoms with van der Waals surface area (Å²) in [5.41, 5.74) is 5.49. The van der Waals surface area contributed by atoms with Gasteiger partial charge in [-0.05, 0) is 41.6 Å². The Morgan fingerprint density at radius 2 is 1.45 bits per heavy atom.